The van der Waals surface area contributed by atoms with Crippen molar-refractivity contribution in [1.29, 1.82) is 0 Å². The van der Waals surface area contributed by atoms with Crippen molar-refractivity contribution in [2.24, 2.45) is 0 Å². The molecule has 0 spiro atoms. The highest BCUT2D eigenvalue weighted by molar-refractivity contribution is 5.86. The topological polar surface area (TPSA) is 76.8 Å². The van der Waals surface area contributed by atoms with E-state index in [4.69, 9.17) is 14.0 Å². The van der Waals surface area contributed by atoms with E-state index in [1.807, 2.05) is 13.0 Å². The van der Waals surface area contributed by atoms with E-state index in [9.17, 15) is 0 Å². The highest BCUT2D eigenvalue weighted by Gasteiger charge is 2.21. The number of aromatic nitrogens is 3. The summed E-state index contributed by atoms with van der Waals surface area (Å²) in [6.07, 6.45) is 3.45. The van der Waals surface area contributed by atoms with Gasteiger partial charge in [-0.2, -0.15) is 0 Å². The molecule has 2 aliphatic rings. The summed E-state index contributed by atoms with van der Waals surface area (Å²) in [6, 6.07) is 8.38. The minimum atomic E-state index is 0.0726. The van der Waals surface area contributed by atoms with Gasteiger partial charge in [-0.25, -0.2) is 9.97 Å². The van der Waals surface area contributed by atoms with Crippen molar-refractivity contribution >= 4 is 16.6 Å². The molecule has 0 bridgehead atoms. The maximum absolute atomic E-state index is 6.11. The highest BCUT2D eigenvalue weighted by Crippen LogP contribution is 2.28. The van der Waals surface area contributed by atoms with Crippen molar-refractivity contribution in [3.8, 4) is 5.88 Å². The minimum absolute atomic E-state index is 0.0726. The molecule has 3 aromatic rings. The van der Waals surface area contributed by atoms with Gasteiger partial charge in [0.25, 0.3) is 0 Å². The van der Waals surface area contributed by atoms with Crippen molar-refractivity contribution < 1.29 is 14.0 Å². The second kappa shape index (κ2) is 8.57. The van der Waals surface area contributed by atoms with Crippen molar-refractivity contribution in [3.05, 3.63) is 42.0 Å². The van der Waals surface area contributed by atoms with Gasteiger partial charge in [0.1, 0.15) is 18.2 Å². The second-order valence-electron chi connectivity index (χ2n) is 8.00. The molecule has 5 rings (SSSR count). The summed E-state index contributed by atoms with van der Waals surface area (Å²) in [4.78, 5) is 13.7. The standard InChI is InChI=1S/C22H27N5O3/c1-16-12-18(30-25-16)4-6-26-7-9-27(10-8-26)17-2-3-21-20(13-17)22(24-15-23-21)29-19-5-11-28-14-19/h2-3,12-13,15,19H,4-11,14H2,1H3. The molecule has 30 heavy (non-hydrogen) atoms. The Kier molecular flexibility index (Phi) is 5.50. The zero-order valence-electron chi connectivity index (χ0n) is 17.3. The molecule has 1 aromatic carbocycles. The second-order valence-corrected chi connectivity index (χ2v) is 8.00. The van der Waals surface area contributed by atoms with Gasteiger partial charge in [-0.05, 0) is 25.1 Å². The van der Waals surface area contributed by atoms with Crippen LogP contribution in [-0.2, 0) is 11.2 Å². The predicted molar refractivity (Wildman–Crippen MR) is 113 cm³/mol. The molecule has 2 aromatic heterocycles. The fraction of sp³-hybridized carbons (Fsp3) is 0.500. The van der Waals surface area contributed by atoms with Crippen molar-refractivity contribution in [2.75, 3.05) is 50.8 Å². The average molecular weight is 409 g/mol. The summed E-state index contributed by atoms with van der Waals surface area (Å²) in [5.74, 6) is 1.61. The lowest BCUT2D eigenvalue weighted by atomic mass is 10.1. The number of benzene rings is 1. The molecule has 8 heteroatoms. The van der Waals surface area contributed by atoms with Crippen LogP contribution in [0.2, 0.25) is 0 Å². The molecule has 4 heterocycles. The number of nitrogens with zero attached hydrogens (tertiary/aromatic N) is 5. The van der Waals surface area contributed by atoms with Crippen LogP contribution in [0.4, 0.5) is 5.69 Å². The molecular weight excluding hydrogens is 382 g/mol. The molecule has 8 nitrogen and oxygen atoms in total. The zero-order valence-corrected chi connectivity index (χ0v) is 17.3. The number of fused-ring (bicyclic) bond motifs is 1. The molecule has 0 saturated carbocycles. The Morgan fingerprint density at radius 2 is 2.03 bits per heavy atom. The monoisotopic (exact) mass is 409 g/mol. The summed E-state index contributed by atoms with van der Waals surface area (Å²) < 4.78 is 16.9. The Bertz CT molecular complexity index is 993. The molecule has 1 atom stereocenters. The van der Waals surface area contributed by atoms with E-state index in [2.05, 4.69) is 43.1 Å². The first-order chi connectivity index (χ1) is 14.7. The lowest BCUT2D eigenvalue weighted by molar-refractivity contribution is 0.139. The lowest BCUT2D eigenvalue weighted by Gasteiger charge is -2.36. The maximum atomic E-state index is 6.11. The van der Waals surface area contributed by atoms with Gasteiger partial charge in [0.2, 0.25) is 5.88 Å². The smallest absolute Gasteiger partial charge is 0.224 e. The lowest BCUT2D eigenvalue weighted by Crippen LogP contribution is -2.47. The number of anilines is 1. The van der Waals surface area contributed by atoms with Crippen molar-refractivity contribution in [3.63, 3.8) is 0 Å². The van der Waals surface area contributed by atoms with E-state index in [0.29, 0.717) is 12.5 Å². The van der Waals surface area contributed by atoms with Crippen LogP contribution in [-0.4, -0.2) is 72.1 Å². The van der Waals surface area contributed by atoms with Crippen LogP contribution < -0.4 is 9.64 Å². The van der Waals surface area contributed by atoms with Crippen LogP contribution in [0.1, 0.15) is 17.9 Å². The van der Waals surface area contributed by atoms with Crippen LogP contribution >= 0.6 is 0 Å². The SMILES string of the molecule is Cc1cc(CCN2CCN(c3ccc4ncnc(OC5CCOC5)c4c3)CC2)on1. The van der Waals surface area contributed by atoms with Gasteiger partial charge in [0.05, 0.1) is 29.8 Å². The largest absolute Gasteiger partial charge is 0.471 e. The first-order valence-corrected chi connectivity index (χ1v) is 10.6. The Labute approximate surface area is 175 Å². The van der Waals surface area contributed by atoms with Gasteiger partial charge in [0.15, 0.2) is 0 Å². The fourth-order valence-electron chi connectivity index (χ4n) is 4.11. The molecule has 0 aliphatic carbocycles. The molecule has 2 fully saturated rings. The number of hydrogen-bond donors (Lipinski definition) is 0. The molecule has 2 saturated heterocycles. The zero-order chi connectivity index (χ0) is 20.3. The van der Waals surface area contributed by atoms with E-state index in [1.54, 1.807) is 6.33 Å². The number of rotatable bonds is 6. The minimum Gasteiger partial charge on any atom is -0.471 e. The highest BCUT2D eigenvalue weighted by atomic mass is 16.5. The predicted octanol–water partition coefficient (Wildman–Crippen LogP) is 2.46. The maximum Gasteiger partial charge on any atom is 0.224 e. The van der Waals surface area contributed by atoms with Crippen LogP contribution in [0.15, 0.2) is 35.1 Å². The van der Waals surface area contributed by atoms with Crippen LogP contribution in [0, 0.1) is 6.92 Å². The van der Waals surface area contributed by atoms with E-state index < -0.39 is 0 Å². The number of aryl methyl sites for hydroxylation is 1. The third-order valence-corrected chi connectivity index (χ3v) is 5.84. The van der Waals surface area contributed by atoms with Gasteiger partial charge in [-0.3, -0.25) is 4.90 Å². The van der Waals surface area contributed by atoms with Gasteiger partial charge >= 0.3 is 0 Å². The summed E-state index contributed by atoms with van der Waals surface area (Å²) in [7, 11) is 0. The first-order valence-electron chi connectivity index (χ1n) is 10.6. The first kappa shape index (κ1) is 19.3. The summed E-state index contributed by atoms with van der Waals surface area (Å²) in [5.41, 5.74) is 3.04. The summed E-state index contributed by atoms with van der Waals surface area (Å²) >= 11 is 0. The molecule has 0 N–H and O–H groups in total. The van der Waals surface area contributed by atoms with Crippen molar-refractivity contribution in [1.82, 2.24) is 20.0 Å². The molecule has 158 valence electrons. The molecule has 2 aliphatic heterocycles. The Morgan fingerprint density at radius 3 is 2.80 bits per heavy atom. The molecular formula is C22H27N5O3. The molecule has 0 amide bonds. The van der Waals surface area contributed by atoms with E-state index in [1.165, 1.54) is 5.69 Å². The quantitative estimate of drug-likeness (QED) is 0.615. The Balaban J connectivity index is 1.24. The third kappa shape index (κ3) is 4.24. The average Bonchev–Trinajstić information content (AvgIpc) is 3.44. The normalized spacial score (nSPS) is 20.2. The van der Waals surface area contributed by atoms with E-state index in [-0.39, 0.29) is 6.10 Å². The van der Waals surface area contributed by atoms with Crippen LogP contribution in [0.25, 0.3) is 10.9 Å². The molecule has 0 radical (unpaired) electrons. The summed E-state index contributed by atoms with van der Waals surface area (Å²) in [5, 5.41) is 4.93. The van der Waals surface area contributed by atoms with E-state index in [0.717, 1.165) is 74.5 Å². The molecule has 1 unspecified atom stereocenters. The number of ether oxygens (including phenoxy) is 2. The van der Waals surface area contributed by atoms with Crippen LogP contribution in [0.3, 0.4) is 0 Å². The fourth-order valence-corrected chi connectivity index (χ4v) is 4.11. The number of hydrogen-bond acceptors (Lipinski definition) is 8. The van der Waals surface area contributed by atoms with E-state index >= 15 is 0 Å². The number of piperazine rings is 1. The van der Waals surface area contributed by atoms with Gasteiger partial charge in [-0.1, -0.05) is 5.16 Å². The Morgan fingerprint density at radius 1 is 1.13 bits per heavy atom. The van der Waals surface area contributed by atoms with Crippen molar-refractivity contribution in [2.45, 2.75) is 25.9 Å². The summed E-state index contributed by atoms with van der Waals surface area (Å²) in [6.45, 7) is 8.36. The Hall–Kier alpha value is -2.71. The van der Waals surface area contributed by atoms with Gasteiger partial charge in [0, 0.05) is 57.3 Å². The van der Waals surface area contributed by atoms with Crippen LogP contribution in [0.5, 0.6) is 5.88 Å². The third-order valence-electron chi connectivity index (χ3n) is 5.84. The van der Waals surface area contributed by atoms with Gasteiger partial charge in [-0.15, -0.1) is 0 Å². The van der Waals surface area contributed by atoms with Gasteiger partial charge < -0.3 is 18.9 Å².